The summed E-state index contributed by atoms with van der Waals surface area (Å²) in [6.07, 6.45) is 7.23. The predicted octanol–water partition coefficient (Wildman–Crippen LogP) is 3.76. The third-order valence-electron chi connectivity index (χ3n) is 3.43. The number of anilines is 2. The van der Waals surface area contributed by atoms with Crippen LogP contribution in [0, 0.1) is 11.3 Å². The maximum Gasteiger partial charge on any atom is 0.0640 e. The van der Waals surface area contributed by atoms with Crippen molar-refractivity contribution in [1.82, 2.24) is 0 Å². The van der Waals surface area contributed by atoms with E-state index >= 15 is 0 Å². The third-order valence-corrected chi connectivity index (χ3v) is 3.43. The van der Waals surface area contributed by atoms with E-state index in [1.807, 2.05) is 0 Å². The molecule has 0 bridgehead atoms. The molecule has 0 heterocycles. The van der Waals surface area contributed by atoms with Crippen molar-refractivity contribution >= 4 is 11.4 Å². The second-order valence-corrected chi connectivity index (χ2v) is 4.89. The molecule has 0 amide bonds. The molecule has 0 spiro atoms. The quantitative estimate of drug-likeness (QED) is 0.774. The Morgan fingerprint density at radius 1 is 1.06 bits per heavy atom. The topological polar surface area (TPSA) is 47.9 Å². The lowest BCUT2D eigenvalue weighted by molar-refractivity contribution is 0.463. The van der Waals surface area contributed by atoms with Crippen molar-refractivity contribution in [2.24, 2.45) is 0 Å². The molecule has 0 aromatic heterocycles. The van der Waals surface area contributed by atoms with Crippen molar-refractivity contribution in [3.8, 4) is 6.07 Å². The molecular formula is C15H21N3. The van der Waals surface area contributed by atoms with E-state index in [0.717, 1.165) is 5.69 Å². The first-order valence-electron chi connectivity index (χ1n) is 6.86. The molecule has 1 saturated carbocycles. The summed E-state index contributed by atoms with van der Waals surface area (Å²) in [5.74, 6) is 0. The number of nitrogens with zero attached hydrogens (tertiary/aromatic N) is 1. The van der Waals surface area contributed by atoms with Gasteiger partial charge >= 0.3 is 0 Å². The minimum atomic E-state index is 0.544. The van der Waals surface area contributed by atoms with Crippen LogP contribution in [0.4, 0.5) is 11.4 Å². The largest absolute Gasteiger partial charge is 0.384 e. The number of hydrogen-bond acceptors (Lipinski definition) is 3. The van der Waals surface area contributed by atoms with Gasteiger partial charge in [0, 0.05) is 24.0 Å². The first kappa shape index (κ1) is 12.8. The molecular weight excluding hydrogens is 222 g/mol. The highest BCUT2D eigenvalue weighted by molar-refractivity contribution is 5.54. The lowest BCUT2D eigenvalue weighted by Crippen LogP contribution is -2.22. The molecule has 1 aliphatic carbocycles. The summed E-state index contributed by atoms with van der Waals surface area (Å²) in [7, 11) is 0. The molecule has 1 fully saturated rings. The lowest BCUT2D eigenvalue weighted by atomic mass is 9.95. The molecule has 3 nitrogen and oxygen atoms in total. The molecule has 1 aromatic carbocycles. The molecule has 2 N–H and O–H groups in total. The van der Waals surface area contributed by atoms with Crippen LogP contribution in [0.15, 0.2) is 24.3 Å². The van der Waals surface area contributed by atoms with Crippen molar-refractivity contribution in [1.29, 1.82) is 5.26 Å². The van der Waals surface area contributed by atoms with Gasteiger partial charge in [0.1, 0.15) is 0 Å². The monoisotopic (exact) mass is 243 g/mol. The number of nitrogens with one attached hydrogen (secondary N) is 2. The fraction of sp³-hybridized carbons (Fsp3) is 0.533. The fourth-order valence-electron chi connectivity index (χ4n) is 2.43. The molecule has 0 saturated heterocycles. The molecule has 0 radical (unpaired) electrons. The zero-order valence-corrected chi connectivity index (χ0v) is 10.8. The van der Waals surface area contributed by atoms with Gasteiger partial charge in [0.25, 0.3) is 0 Å². The summed E-state index contributed by atoms with van der Waals surface area (Å²) >= 11 is 0. The van der Waals surface area contributed by atoms with Crippen molar-refractivity contribution < 1.29 is 0 Å². The van der Waals surface area contributed by atoms with E-state index in [2.05, 4.69) is 41.0 Å². The maximum atomic E-state index is 8.47. The Bertz CT molecular complexity index is 385. The number of rotatable bonds is 5. The Morgan fingerprint density at radius 3 is 2.39 bits per heavy atom. The van der Waals surface area contributed by atoms with Gasteiger partial charge in [0.05, 0.1) is 12.5 Å². The van der Waals surface area contributed by atoms with Crippen LogP contribution in [0.1, 0.15) is 38.5 Å². The molecule has 1 aromatic rings. The minimum Gasteiger partial charge on any atom is -0.384 e. The number of hydrogen-bond donors (Lipinski definition) is 2. The van der Waals surface area contributed by atoms with Crippen molar-refractivity contribution in [3.63, 3.8) is 0 Å². The highest BCUT2D eigenvalue weighted by atomic mass is 14.9. The van der Waals surface area contributed by atoms with Crippen LogP contribution in [-0.4, -0.2) is 12.6 Å². The van der Waals surface area contributed by atoms with Gasteiger partial charge in [-0.25, -0.2) is 0 Å². The van der Waals surface area contributed by atoms with Crippen molar-refractivity contribution in [2.45, 2.75) is 44.6 Å². The fourth-order valence-corrected chi connectivity index (χ4v) is 2.43. The summed E-state index contributed by atoms with van der Waals surface area (Å²) < 4.78 is 0. The van der Waals surface area contributed by atoms with Crippen LogP contribution in [0.25, 0.3) is 0 Å². The van der Waals surface area contributed by atoms with Crippen molar-refractivity contribution in [2.75, 3.05) is 17.2 Å². The van der Waals surface area contributed by atoms with Gasteiger partial charge in [-0.05, 0) is 37.1 Å². The zero-order chi connectivity index (χ0) is 12.6. The predicted molar refractivity (Wildman–Crippen MR) is 75.7 cm³/mol. The van der Waals surface area contributed by atoms with Crippen LogP contribution in [0.5, 0.6) is 0 Å². The average Bonchev–Trinajstić information content (AvgIpc) is 2.42. The van der Waals surface area contributed by atoms with E-state index in [1.165, 1.54) is 37.8 Å². The molecule has 2 rings (SSSR count). The summed E-state index contributed by atoms with van der Waals surface area (Å²) in [6.45, 7) is 0.714. The van der Waals surface area contributed by atoms with Gasteiger partial charge < -0.3 is 10.6 Å². The smallest absolute Gasteiger partial charge is 0.0640 e. The molecule has 0 unspecified atom stereocenters. The van der Waals surface area contributed by atoms with E-state index in [9.17, 15) is 0 Å². The molecule has 1 aliphatic rings. The third kappa shape index (κ3) is 3.96. The first-order chi connectivity index (χ1) is 8.88. The van der Waals surface area contributed by atoms with Gasteiger partial charge in [-0.15, -0.1) is 0 Å². The Morgan fingerprint density at radius 2 is 1.72 bits per heavy atom. The maximum absolute atomic E-state index is 8.47. The highest BCUT2D eigenvalue weighted by Gasteiger charge is 2.12. The number of nitriles is 1. The second kappa shape index (κ2) is 6.90. The molecule has 18 heavy (non-hydrogen) atoms. The normalized spacial score (nSPS) is 15.9. The van der Waals surface area contributed by atoms with Crippen LogP contribution < -0.4 is 10.6 Å². The zero-order valence-electron chi connectivity index (χ0n) is 10.8. The van der Waals surface area contributed by atoms with Crippen LogP contribution in [0.3, 0.4) is 0 Å². The Hall–Kier alpha value is -1.69. The first-order valence-corrected chi connectivity index (χ1v) is 6.86. The van der Waals surface area contributed by atoms with Crippen LogP contribution in [0.2, 0.25) is 0 Å². The SMILES string of the molecule is N#CCCNc1ccc(NC2CCCCC2)cc1. The van der Waals surface area contributed by atoms with E-state index in [0.29, 0.717) is 19.0 Å². The summed E-state index contributed by atoms with van der Waals surface area (Å²) in [4.78, 5) is 0. The van der Waals surface area contributed by atoms with Crippen LogP contribution >= 0.6 is 0 Å². The average molecular weight is 243 g/mol. The standard InChI is InChI=1S/C15H21N3/c16-11-4-12-17-13-7-9-15(10-8-13)18-14-5-2-1-3-6-14/h7-10,14,17-18H,1-6,12H2. The summed E-state index contributed by atoms with van der Waals surface area (Å²) in [5.41, 5.74) is 2.28. The second-order valence-electron chi connectivity index (χ2n) is 4.89. The molecule has 0 atom stereocenters. The number of benzene rings is 1. The lowest BCUT2D eigenvalue weighted by Gasteiger charge is -2.23. The van der Waals surface area contributed by atoms with Gasteiger partial charge in [-0.1, -0.05) is 19.3 Å². The Balaban J connectivity index is 1.81. The molecule has 3 heteroatoms. The summed E-state index contributed by atoms with van der Waals surface area (Å²) in [6, 6.07) is 11.2. The Labute approximate surface area is 109 Å². The van der Waals surface area contributed by atoms with Gasteiger partial charge in [0.2, 0.25) is 0 Å². The van der Waals surface area contributed by atoms with Gasteiger partial charge in [0.15, 0.2) is 0 Å². The summed E-state index contributed by atoms with van der Waals surface area (Å²) in [5, 5.41) is 15.3. The van der Waals surface area contributed by atoms with Gasteiger partial charge in [-0.3, -0.25) is 0 Å². The minimum absolute atomic E-state index is 0.544. The Kier molecular flexibility index (Phi) is 4.89. The van der Waals surface area contributed by atoms with E-state index in [-0.39, 0.29) is 0 Å². The highest BCUT2D eigenvalue weighted by Crippen LogP contribution is 2.22. The van der Waals surface area contributed by atoms with E-state index < -0.39 is 0 Å². The molecule has 0 aliphatic heterocycles. The molecule has 96 valence electrons. The van der Waals surface area contributed by atoms with Crippen LogP contribution in [-0.2, 0) is 0 Å². The van der Waals surface area contributed by atoms with Gasteiger partial charge in [-0.2, -0.15) is 5.26 Å². The van der Waals surface area contributed by atoms with Crippen molar-refractivity contribution in [3.05, 3.63) is 24.3 Å². The van der Waals surface area contributed by atoms with E-state index in [4.69, 9.17) is 5.26 Å². The van der Waals surface area contributed by atoms with E-state index in [1.54, 1.807) is 0 Å².